The highest BCUT2D eigenvalue weighted by Crippen LogP contribution is 2.32. The molecule has 0 saturated carbocycles. The third kappa shape index (κ3) is 3.81. The fourth-order valence-corrected chi connectivity index (χ4v) is 2.79. The maximum Gasteiger partial charge on any atom is 0.266 e. The maximum atomic E-state index is 12.6. The Morgan fingerprint density at radius 2 is 1.74 bits per heavy atom. The average Bonchev–Trinajstić information content (AvgIpc) is 2.79. The van der Waals surface area contributed by atoms with Crippen molar-refractivity contribution in [2.45, 2.75) is 53.0 Å². The Kier molecular flexibility index (Phi) is 5.24. The van der Waals surface area contributed by atoms with Crippen LogP contribution in [0.1, 0.15) is 56.5 Å². The Hall–Kier alpha value is -2.10. The summed E-state index contributed by atoms with van der Waals surface area (Å²) in [4.78, 5) is 12.6. The van der Waals surface area contributed by atoms with Crippen LogP contribution in [0.4, 0.5) is 5.69 Å². The SMILES string of the molecule is Cc1n(CC(=O)Nc2c(C(C)C)cccc2C(C)C)cc[n+]1C. The van der Waals surface area contributed by atoms with E-state index in [9.17, 15) is 4.79 Å². The number of anilines is 1. The molecular weight excluding hydrogens is 286 g/mol. The number of carbonyl (C=O) groups excluding carboxylic acids is 1. The minimum absolute atomic E-state index is 0.0132. The molecule has 0 aliphatic heterocycles. The van der Waals surface area contributed by atoms with Gasteiger partial charge in [-0.1, -0.05) is 45.9 Å². The Morgan fingerprint density at radius 1 is 1.17 bits per heavy atom. The topological polar surface area (TPSA) is 37.9 Å². The first-order chi connectivity index (χ1) is 10.8. The summed E-state index contributed by atoms with van der Waals surface area (Å²) >= 11 is 0. The lowest BCUT2D eigenvalue weighted by molar-refractivity contribution is -0.677. The van der Waals surface area contributed by atoms with Crippen LogP contribution in [0.25, 0.3) is 0 Å². The molecule has 124 valence electrons. The summed E-state index contributed by atoms with van der Waals surface area (Å²) in [6.45, 7) is 11.0. The summed E-state index contributed by atoms with van der Waals surface area (Å²) in [6.07, 6.45) is 3.90. The standard InChI is InChI=1S/C19H27N3O/c1-13(2)16-8-7-9-17(14(3)4)19(16)20-18(23)12-22-11-10-21(6)15(22)5/h7-11,13-14H,12H2,1-6H3/p+1. The summed E-state index contributed by atoms with van der Waals surface area (Å²) < 4.78 is 3.97. The van der Waals surface area contributed by atoms with Gasteiger partial charge in [-0.3, -0.25) is 4.79 Å². The van der Waals surface area contributed by atoms with Crippen molar-refractivity contribution in [3.05, 3.63) is 47.5 Å². The average molecular weight is 314 g/mol. The largest absolute Gasteiger partial charge is 0.322 e. The van der Waals surface area contributed by atoms with Gasteiger partial charge in [-0.25, -0.2) is 9.13 Å². The molecule has 2 rings (SSSR count). The molecule has 1 amide bonds. The van der Waals surface area contributed by atoms with Crippen molar-refractivity contribution in [1.82, 2.24) is 4.57 Å². The van der Waals surface area contributed by atoms with E-state index in [0.717, 1.165) is 11.5 Å². The van der Waals surface area contributed by atoms with Gasteiger partial charge in [0.25, 0.3) is 11.7 Å². The van der Waals surface area contributed by atoms with E-state index in [4.69, 9.17) is 0 Å². The third-order valence-electron chi connectivity index (χ3n) is 4.35. The second kappa shape index (κ2) is 6.99. The van der Waals surface area contributed by atoms with Gasteiger partial charge in [-0.2, -0.15) is 0 Å². The summed E-state index contributed by atoms with van der Waals surface area (Å²) in [5.41, 5.74) is 3.37. The number of hydrogen-bond donors (Lipinski definition) is 1. The molecule has 0 bridgehead atoms. The van der Waals surface area contributed by atoms with Crippen LogP contribution in [-0.4, -0.2) is 10.5 Å². The van der Waals surface area contributed by atoms with Gasteiger partial charge in [-0.15, -0.1) is 0 Å². The molecule has 4 heteroatoms. The zero-order valence-corrected chi connectivity index (χ0v) is 15.1. The third-order valence-corrected chi connectivity index (χ3v) is 4.35. The predicted molar refractivity (Wildman–Crippen MR) is 93.6 cm³/mol. The second-order valence-corrected chi connectivity index (χ2v) is 6.75. The van der Waals surface area contributed by atoms with Crippen molar-refractivity contribution in [2.75, 3.05) is 5.32 Å². The van der Waals surface area contributed by atoms with Gasteiger partial charge in [-0.05, 0) is 23.0 Å². The molecule has 4 nitrogen and oxygen atoms in total. The molecule has 1 aromatic heterocycles. The molecule has 1 heterocycles. The van der Waals surface area contributed by atoms with Crippen molar-refractivity contribution in [1.29, 1.82) is 0 Å². The molecule has 0 aliphatic carbocycles. The molecule has 0 unspecified atom stereocenters. The highest BCUT2D eigenvalue weighted by Gasteiger charge is 2.18. The normalized spacial score (nSPS) is 11.3. The molecular formula is C19H28N3O+. The van der Waals surface area contributed by atoms with Crippen LogP contribution in [0.2, 0.25) is 0 Å². The smallest absolute Gasteiger partial charge is 0.266 e. The number of rotatable bonds is 5. The number of nitrogens with one attached hydrogen (secondary N) is 1. The Balaban J connectivity index is 2.28. The lowest BCUT2D eigenvalue weighted by atomic mass is 9.92. The van der Waals surface area contributed by atoms with E-state index in [2.05, 4.69) is 51.2 Å². The van der Waals surface area contributed by atoms with Gasteiger partial charge >= 0.3 is 0 Å². The maximum absolute atomic E-state index is 12.6. The van der Waals surface area contributed by atoms with Gasteiger partial charge in [0.05, 0.1) is 7.05 Å². The second-order valence-electron chi connectivity index (χ2n) is 6.75. The van der Waals surface area contributed by atoms with Crippen LogP contribution in [0.5, 0.6) is 0 Å². The summed E-state index contributed by atoms with van der Waals surface area (Å²) in [5.74, 6) is 1.81. The van der Waals surface area contributed by atoms with Crippen LogP contribution >= 0.6 is 0 Å². The van der Waals surface area contributed by atoms with Gasteiger partial charge in [0.15, 0.2) is 6.54 Å². The quantitative estimate of drug-likeness (QED) is 0.843. The highest BCUT2D eigenvalue weighted by atomic mass is 16.1. The van der Waals surface area contributed by atoms with Crippen LogP contribution < -0.4 is 9.88 Å². The molecule has 1 N–H and O–H groups in total. The van der Waals surface area contributed by atoms with Crippen LogP contribution in [0, 0.1) is 6.92 Å². The van der Waals surface area contributed by atoms with Crippen molar-refractivity contribution in [3.63, 3.8) is 0 Å². The number of benzene rings is 1. The van der Waals surface area contributed by atoms with Gasteiger partial charge in [0, 0.05) is 12.6 Å². The van der Waals surface area contributed by atoms with E-state index in [1.54, 1.807) is 0 Å². The van der Waals surface area contributed by atoms with Crippen molar-refractivity contribution in [2.24, 2.45) is 7.05 Å². The highest BCUT2D eigenvalue weighted by molar-refractivity contribution is 5.92. The first-order valence-electron chi connectivity index (χ1n) is 8.25. The monoisotopic (exact) mass is 314 g/mol. The number of imidazole rings is 1. The zero-order valence-electron chi connectivity index (χ0n) is 15.1. The van der Waals surface area contributed by atoms with E-state index in [1.165, 1.54) is 11.1 Å². The summed E-state index contributed by atoms with van der Waals surface area (Å²) in [5, 5.41) is 3.16. The number of amides is 1. The van der Waals surface area contributed by atoms with E-state index in [-0.39, 0.29) is 5.91 Å². The van der Waals surface area contributed by atoms with Gasteiger partial charge < -0.3 is 5.32 Å². The lowest BCUT2D eigenvalue weighted by Crippen LogP contribution is -2.31. The predicted octanol–water partition coefficient (Wildman–Crippen LogP) is 3.51. The number of hydrogen-bond acceptors (Lipinski definition) is 1. The van der Waals surface area contributed by atoms with E-state index in [1.807, 2.05) is 35.5 Å². The molecule has 2 aromatic rings. The van der Waals surface area contributed by atoms with Crippen molar-refractivity contribution in [3.8, 4) is 0 Å². The van der Waals surface area contributed by atoms with Crippen LogP contribution in [-0.2, 0) is 18.4 Å². The fraction of sp³-hybridized carbons (Fsp3) is 0.474. The number of nitrogens with zero attached hydrogens (tertiary/aromatic N) is 2. The number of para-hydroxylation sites is 1. The number of carbonyl (C=O) groups is 1. The zero-order chi connectivity index (χ0) is 17.1. The van der Waals surface area contributed by atoms with Crippen LogP contribution in [0.3, 0.4) is 0 Å². The first kappa shape index (κ1) is 17.3. The summed E-state index contributed by atoms with van der Waals surface area (Å²) in [6, 6.07) is 6.29. The van der Waals surface area contributed by atoms with Crippen molar-refractivity contribution < 1.29 is 9.36 Å². The molecule has 0 saturated heterocycles. The molecule has 23 heavy (non-hydrogen) atoms. The lowest BCUT2D eigenvalue weighted by Gasteiger charge is -2.19. The molecule has 0 spiro atoms. The minimum atomic E-state index is 0.0132. The Labute approximate surface area is 139 Å². The molecule has 1 aromatic carbocycles. The van der Waals surface area contributed by atoms with Gasteiger partial charge in [0.2, 0.25) is 0 Å². The van der Waals surface area contributed by atoms with Crippen LogP contribution in [0.15, 0.2) is 30.6 Å². The van der Waals surface area contributed by atoms with E-state index in [0.29, 0.717) is 18.4 Å². The molecule has 0 fully saturated rings. The molecule has 0 aliphatic rings. The fourth-order valence-electron chi connectivity index (χ4n) is 2.79. The molecule has 0 atom stereocenters. The first-order valence-corrected chi connectivity index (χ1v) is 8.25. The van der Waals surface area contributed by atoms with E-state index < -0.39 is 0 Å². The Bertz CT molecular complexity index is 672. The molecule has 0 radical (unpaired) electrons. The minimum Gasteiger partial charge on any atom is -0.322 e. The number of aromatic nitrogens is 2. The van der Waals surface area contributed by atoms with Crippen molar-refractivity contribution >= 4 is 11.6 Å². The van der Waals surface area contributed by atoms with E-state index >= 15 is 0 Å². The summed E-state index contributed by atoms with van der Waals surface area (Å²) in [7, 11) is 1.98. The number of aryl methyl sites for hydroxylation is 1. The Morgan fingerprint density at radius 3 is 2.17 bits per heavy atom. The van der Waals surface area contributed by atoms with Gasteiger partial charge in [0.1, 0.15) is 12.4 Å².